The molecule has 0 amide bonds. The summed E-state index contributed by atoms with van der Waals surface area (Å²) in [6, 6.07) is 19.8. The second-order valence-corrected chi connectivity index (χ2v) is 17.5. The number of anilines is 1. The van der Waals surface area contributed by atoms with Gasteiger partial charge in [0.1, 0.15) is 51.5 Å². The maximum absolute atomic E-state index is 12.3. The Labute approximate surface area is 556 Å². The summed E-state index contributed by atoms with van der Waals surface area (Å²) in [5, 5.41) is 89.8. The number of aromatic amines is 2. The smallest absolute Gasteiger partial charge is 0.393 e. The lowest BCUT2D eigenvalue weighted by Gasteiger charge is -1.95. The number of rotatable bonds is 11. The first-order valence-electron chi connectivity index (χ1n) is 25.5. The van der Waals surface area contributed by atoms with Gasteiger partial charge in [0.05, 0.1) is 39.6 Å². The number of hydrogen-bond acceptors (Lipinski definition) is 25. The van der Waals surface area contributed by atoms with Crippen molar-refractivity contribution in [2.24, 2.45) is 9.98 Å². The van der Waals surface area contributed by atoms with Gasteiger partial charge in [-0.15, -0.1) is 10.2 Å². The molecule has 40 heteroatoms. The molecule has 0 fully saturated rings. The number of carbonyl (C=O) groups is 10. The predicted octanol–water partition coefficient (Wildman–Crippen LogP) is 6.63. The van der Waals surface area contributed by atoms with Crippen molar-refractivity contribution in [1.29, 1.82) is 5.26 Å². The monoisotopic (exact) mass is 1400 g/mol. The third-order valence-electron chi connectivity index (χ3n) is 9.74. The molecule has 0 atom stereocenters. The number of aliphatic carboxylic acids is 1. The number of carbonyl (C=O) groups excluding carboxylic acids is 1. The van der Waals surface area contributed by atoms with Gasteiger partial charge in [-0.2, -0.15) is 9.65 Å². The minimum Gasteiger partial charge on any atom is -0.478 e. The van der Waals surface area contributed by atoms with E-state index in [-0.39, 0.29) is 74.2 Å². The molecule has 0 saturated carbocycles. The van der Waals surface area contributed by atoms with Crippen LogP contribution in [0.5, 0.6) is 0 Å². The Kier molecular flexibility index (Phi) is 37.1. The predicted molar refractivity (Wildman–Crippen MR) is 333 cm³/mol. The van der Waals surface area contributed by atoms with Crippen LogP contribution in [0.1, 0.15) is 118 Å². The number of halogens is 4. The highest BCUT2D eigenvalue weighted by molar-refractivity contribution is 6.67. The molecule has 0 unspecified atom stereocenters. The first kappa shape index (κ1) is 81.5. The third-order valence-corrected chi connectivity index (χ3v) is 10.5. The van der Waals surface area contributed by atoms with Crippen molar-refractivity contribution < 1.29 is 103 Å². The molecular weight excluding hydrogens is 1360 g/mol. The molecule has 10 heterocycles. The highest BCUT2D eigenvalue weighted by Gasteiger charge is 2.12. The van der Waals surface area contributed by atoms with Crippen LogP contribution in [0.2, 0.25) is 10.3 Å². The van der Waals surface area contributed by atoms with Crippen molar-refractivity contribution in [2.45, 2.75) is 20.3 Å². The van der Waals surface area contributed by atoms with E-state index >= 15 is 0 Å². The molecule has 36 nitrogen and oxygen atoms in total. The third kappa shape index (κ3) is 33.4. The summed E-state index contributed by atoms with van der Waals surface area (Å²) in [6.07, 6.45) is 15.3. The molecule has 9 aromatic rings. The zero-order valence-electron chi connectivity index (χ0n) is 49.2. The molecule has 0 spiro atoms. The Bertz CT molecular complexity index is 4140. The molecule has 0 aliphatic carbocycles. The Morgan fingerprint density at radius 2 is 1.11 bits per heavy atom. The van der Waals surface area contributed by atoms with E-state index in [1.165, 1.54) is 129 Å². The Balaban J connectivity index is 0.000000540. The molecule has 1 aliphatic heterocycles. The molecule has 504 valence electrons. The van der Waals surface area contributed by atoms with Crippen molar-refractivity contribution >= 4 is 112 Å². The molecule has 0 saturated heterocycles. The zero-order valence-corrected chi connectivity index (χ0v) is 51.4. The van der Waals surface area contributed by atoms with E-state index in [1.54, 1.807) is 12.3 Å². The summed E-state index contributed by atoms with van der Waals surface area (Å²) in [4.78, 5) is 150. The summed E-state index contributed by atoms with van der Waals surface area (Å²) in [6.45, 7) is 3.71. The van der Waals surface area contributed by atoms with E-state index in [2.05, 4.69) is 69.5 Å². The van der Waals surface area contributed by atoms with Crippen molar-refractivity contribution in [1.82, 2.24) is 55.1 Å². The number of aromatic nitrogens is 11. The number of pyridine rings is 6. The van der Waals surface area contributed by atoms with Crippen LogP contribution in [0.15, 0.2) is 160 Å². The van der Waals surface area contributed by atoms with Crippen LogP contribution in [0, 0.1) is 24.2 Å². The number of hydrogen-bond donors (Lipinski definition) is 12. The molecular formula is C57H47Cl3FN15O21. The van der Waals surface area contributed by atoms with E-state index in [1.807, 2.05) is 6.92 Å². The van der Waals surface area contributed by atoms with Gasteiger partial charge in [0.2, 0.25) is 17.4 Å². The number of nitriles is 1. The van der Waals surface area contributed by atoms with Gasteiger partial charge in [0.25, 0.3) is 5.24 Å². The van der Waals surface area contributed by atoms with E-state index < -0.39 is 70.5 Å². The normalized spacial score (nSPS) is 9.80. The van der Waals surface area contributed by atoms with E-state index in [0.29, 0.717) is 22.1 Å². The van der Waals surface area contributed by atoms with Gasteiger partial charge in [-0.05, 0) is 84.4 Å². The fourth-order valence-electron chi connectivity index (χ4n) is 5.21. The van der Waals surface area contributed by atoms with Gasteiger partial charge < -0.3 is 66.1 Å². The fourth-order valence-corrected chi connectivity index (χ4v) is 5.63. The molecule has 0 radical (unpaired) electrons. The van der Waals surface area contributed by atoms with Gasteiger partial charge in [0.15, 0.2) is 5.71 Å². The number of nitrogens with zero attached hydrogens (tertiary/aromatic N) is 12. The highest BCUT2D eigenvalue weighted by Crippen LogP contribution is 2.11. The number of H-pyrrole nitrogens is 2. The minimum absolute atomic E-state index is 0.0231. The Morgan fingerprint density at radius 3 is 1.44 bits per heavy atom. The molecule has 9 aromatic heterocycles. The fraction of sp³-hybridized carbons (Fsp3) is 0.0702. The number of aromatic carboxylic acids is 8. The van der Waals surface area contributed by atoms with Gasteiger partial charge in [0, 0.05) is 81.4 Å². The SMILES string of the molecule is CCc1ncc(C(=O)O)cn1.Cc1nnc(C(=O)O)o1.N#Cc1ccc(C(=O)O)cn1.Nc1ncccc1C(=O)O.O=C(Cl)c1ccc(Cl)nc1.O=C(O)C1=NCN=C1.O=C(O)c1cc[nH]c1.O=C(O)c1ccc(=O)[nH]c1.O=C(O)c1cccnc1Cl.O=C(O)c1cccnc1F. The summed E-state index contributed by atoms with van der Waals surface area (Å²) >= 11 is 16.0. The lowest BCUT2D eigenvalue weighted by atomic mass is 10.2. The van der Waals surface area contributed by atoms with E-state index in [4.69, 9.17) is 91.8 Å². The second kappa shape index (κ2) is 44.1. The van der Waals surface area contributed by atoms with Crippen molar-refractivity contribution in [3.8, 4) is 6.07 Å². The topological polar surface area (TPSA) is 605 Å². The maximum atomic E-state index is 12.3. The molecule has 1 aliphatic rings. The number of nitrogens with two attached hydrogens (primary N) is 1. The number of carboxylic acids is 9. The highest BCUT2D eigenvalue weighted by atomic mass is 35.5. The minimum atomic E-state index is -1.30. The second-order valence-electron chi connectivity index (χ2n) is 16.5. The van der Waals surface area contributed by atoms with Crippen molar-refractivity contribution in [3.63, 3.8) is 0 Å². The summed E-state index contributed by atoms with van der Waals surface area (Å²) < 4.78 is 16.9. The average Bonchev–Trinajstić information content (AvgIpc) is 2.29. The number of carboxylic acid groups (broad SMARTS) is 9. The standard InChI is InChI=1S/C7H8N2O2.C7H4N2O2.C6H3Cl2NO.C6H4ClNO2.C6H4FNO2.C6H6N2O2.C6H5NO3.C5H5NO2.C4H4N2O3.C4H4N2O2/c1-2-6-8-3-5(4-9-6)7(10)11;8-3-6-2-1-5(4-9-6)7(10)11;7-5-2-1-4(3-9-5)6(8)10;3*7-5-4(6(9)10)2-1-3-8-5;8-5-2-1-4(3-7-5)6(9)10;7-5(8)4-1-2-6-3-4;1-2-5-6-3(9-2)4(7)8;7-4(8)3-1-5-2-6-3/h3-4H,2H2,1H3,(H,10,11);1-2,4H,(H,10,11);1-3H;2*1-3H,(H,9,10);1-3H,(H2,7,8)(H,9,10);1-3H,(H,7,8)(H,9,10);1-3,6H,(H,7,8);1H3,(H,7,8);1H,2H2,(H,7,8). The number of nitrogen functional groups attached to an aromatic ring is 1. The van der Waals surface area contributed by atoms with Crippen LogP contribution in [0.3, 0.4) is 0 Å². The first-order chi connectivity index (χ1) is 45.8. The lowest BCUT2D eigenvalue weighted by Crippen LogP contribution is -2.11. The first-order valence-corrected chi connectivity index (χ1v) is 26.6. The van der Waals surface area contributed by atoms with Crippen LogP contribution >= 0.6 is 34.8 Å². The number of nitrogens with one attached hydrogen (secondary N) is 2. The number of aryl methyl sites for hydroxylation is 2. The number of aliphatic imine (C=N–C) groups is 2. The van der Waals surface area contributed by atoms with Gasteiger partial charge in [-0.1, -0.05) is 30.1 Å². The lowest BCUT2D eigenvalue weighted by molar-refractivity contribution is -0.129. The Hall–Kier alpha value is -13.5. The summed E-state index contributed by atoms with van der Waals surface area (Å²) in [5.74, 6) is -9.94. The molecule has 97 heavy (non-hydrogen) atoms. The van der Waals surface area contributed by atoms with Crippen LogP contribution in [0.4, 0.5) is 10.2 Å². The molecule has 0 aromatic carbocycles. The van der Waals surface area contributed by atoms with Crippen LogP contribution in [0.25, 0.3) is 0 Å². The Morgan fingerprint density at radius 1 is 0.588 bits per heavy atom. The van der Waals surface area contributed by atoms with Crippen molar-refractivity contribution in [3.05, 3.63) is 235 Å². The molecule has 10 rings (SSSR count). The summed E-state index contributed by atoms with van der Waals surface area (Å²) in [5.41, 5.74) is 5.81. The van der Waals surface area contributed by atoms with Gasteiger partial charge in [-0.25, -0.2) is 78.0 Å². The molecule has 13 N–H and O–H groups in total. The summed E-state index contributed by atoms with van der Waals surface area (Å²) in [7, 11) is 0. The van der Waals surface area contributed by atoms with Crippen LogP contribution < -0.4 is 11.3 Å². The van der Waals surface area contributed by atoms with Gasteiger partial charge >= 0.3 is 59.6 Å². The molecule has 0 bridgehead atoms. The van der Waals surface area contributed by atoms with Crippen LogP contribution in [-0.4, -0.2) is 179 Å². The largest absolute Gasteiger partial charge is 0.478 e. The van der Waals surface area contributed by atoms with E-state index in [0.717, 1.165) is 24.9 Å². The van der Waals surface area contributed by atoms with Crippen LogP contribution in [-0.2, 0) is 11.2 Å². The average molecular weight is 1400 g/mol. The maximum Gasteiger partial charge on any atom is 0.393 e. The van der Waals surface area contributed by atoms with E-state index in [9.17, 15) is 57.1 Å². The zero-order chi connectivity index (χ0) is 73.2. The quantitative estimate of drug-likeness (QED) is 0.0477. The van der Waals surface area contributed by atoms with Gasteiger partial charge in [-0.3, -0.25) is 19.6 Å². The van der Waals surface area contributed by atoms with Crippen molar-refractivity contribution in [2.75, 3.05) is 12.4 Å².